The van der Waals surface area contributed by atoms with Gasteiger partial charge in [0.25, 0.3) is 0 Å². The van der Waals surface area contributed by atoms with Gasteiger partial charge in [-0.15, -0.1) is 0 Å². The maximum atomic E-state index is 9.62. The van der Waals surface area contributed by atoms with Crippen LogP contribution in [0.5, 0.6) is 0 Å². The molecule has 0 bridgehead atoms. The minimum Gasteiger partial charge on any atom is -0.393 e. The van der Waals surface area contributed by atoms with Gasteiger partial charge in [0.1, 0.15) is 0 Å². The van der Waals surface area contributed by atoms with E-state index in [0.29, 0.717) is 0 Å². The molecule has 0 spiro atoms. The first-order valence-corrected chi connectivity index (χ1v) is 5.95. The Bertz CT molecular complexity index is 221. The second-order valence-corrected chi connectivity index (χ2v) is 4.24. The summed E-state index contributed by atoms with van der Waals surface area (Å²) in [5, 5.41) is 13.8. The van der Waals surface area contributed by atoms with Gasteiger partial charge in [0, 0.05) is 13.7 Å². The predicted octanol–water partition coefficient (Wildman–Crippen LogP) is 2.47. The summed E-state index contributed by atoms with van der Waals surface area (Å²) < 4.78 is 4.93. The molecule has 1 unspecified atom stereocenters. The molecule has 80 valence electrons. The van der Waals surface area contributed by atoms with Gasteiger partial charge in [-0.25, -0.2) is 0 Å². The highest BCUT2D eigenvalue weighted by atomic mass is 32.1. The third kappa shape index (κ3) is 4.74. The number of ether oxygens (including phenoxy) is 1. The Hall–Kier alpha value is -0.380. The Morgan fingerprint density at radius 3 is 3.00 bits per heavy atom. The highest BCUT2D eigenvalue weighted by Gasteiger charge is 2.04. The van der Waals surface area contributed by atoms with Gasteiger partial charge in [-0.3, -0.25) is 0 Å². The quantitative estimate of drug-likeness (QED) is 0.707. The highest BCUT2D eigenvalue weighted by Crippen LogP contribution is 2.11. The molecule has 1 aromatic rings. The van der Waals surface area contributed by atoms with Crippen LogP contribution >= 0.6 is 11.3 Å². The molecule has 0 saturated carbocycles. The van der Waals surface area contributed by atoms with Gasteiger partial charge in [0.15, 0.2) is 0 Å². The van der Waals surface area contributed by atoms with Gasteiger partial charge in [-0.2, -0.15) is 11.3 Å². The number of thiophene rings is 1. The van der Waals surface area contributed by atoms with Gasteiger partial charge in [-0.1, -0.05) is 0 Å². The normalized spacial score (nSPS) is 13.0. The molecular weight excluding hydrogens is 196 g/mol. The lowest BCUT2D eigenvalue weighted by Crippen LogP contribution is -2.08. The maximum Gasteiger partial charge on any atom is 0.0544 e. The van der Waals surface area contributed by atoms with Crippen molar-refractivity contribution in [2.75, 3.05) is 13.7 Å². The van der Waals surface area contributed by atoms with Crippen molar-refractivity contribution >= 4 is 11.3 Å². The lowest BCUT2D eigenvalue weighted by atomic mass is 10.1. The fraction of sp³-hybridized carbons (Fsp3) is 0.636. The topological polar surface area (TPSA) is 29.5 Å². The molecule has 3 heteroatoms. The Morgan fingerprint density at radius 1 is 1.50 bits per heavy atom. The minimum atomic E-state index is -0.176. The molecule has 0 radical (unpaired) electrons. The van der Waals surface area contributed by atoms with Crippen molar-refractivity contribution in [1.29, 1.82) is 0 Å². The monoisotopic (exact) mass is 214 g/mol. The van der Waals surface area contributed by atoms with E-state index in [1.807, 2.05) is 0 Å². The van der Waals surface area contributed by atoms with Gasteiger partial charge in [0.05, 0.1) is 6.10 Å². The molecule has 0 aliphatic carbocycles. The van der Waals surface area contributed by atoms with E-state index in [-0.39, 0.29) is 6.10 Å². The van der Waals surface area contributed by atoms with Crippen LogP contribution in [0.15, 0.2) is 16.8 Å². The molecule has 0 saturated heterocycles. The number of methoxy groups -OCH3 is 1. The van der Waals surface area contributed by atoms with Crippen LogP contribution in [0.4, 0.5) is 0 Å². The number of rotatable bonds is 7. The van der Waals surface area contributed by atoms with Gasteiger partial charge < -0.3 is 9.84 Å². The molecular formula is C11H18O2S. The summed E-state index contributed by atoms with van der Waals surface area (Å²) in [7, 11) is 1.69. The lowest BCUT2D eigenvalue weighted by molar-refractivity contribution is 0.129. The molecule has 2 nitrogen and oxygen atoms in total. The van der Waals surface area contributed by atoms with Gasteiger partial charge >= 0.3 is 0 Å². The van der Waals surface area contributed by atoms with E-state index in [2.05, 4.69) is 16.8 Å². The molecule has 1 rings (SSSR count). The van der Waals surface area contributed by atoms with Crippen LogP contribution in [0.3, 0.4) is 0 Å². The van der Waals surface area contributed by atoms with Crippen LogP contribution in [0.25, 0.3) is 0 Å². The van der Waals surface area contributed by atoms with Crippen molar-refractivity contribution in [1.82, 2.24) is 0 Å². The van der Waals surface area contributed by atoms with Crippen molar-refractivity contribution in [3.05, 3.63) is 22.4 Å². The summed E-state index contributed by atoms with van der Waals surface area (Å²) in [4.78, 5) is 0. The summed E-state index contributed by atoms with van der Waals surface area (Å²) in [6, 6.07) is 2.12. The molecule has 1 atom stereocenters. The highest BCUT2D eigenvalue weighted by molar-refractivity contribution is 7.07. The Balaban J connectivity index is 2.06. The molecule has 14 heavy (non-hydrogen) atoms. The SMILES string of the molecule is COCCCC(O)CCc1ccsc1. The van der Waals surface area contributed by atoms with E-state index >= 15 is 0 Å². The van der Waals surface area contributed by atoms with Gasteiger partial charge in [-0.05, 0) is 48.1 Å². The Labute approximate surface area is 89.5 Å². The Kier molecular flexibility index (Phi) is 5.83. The van der Waals surface area contributed by atoms with Crippen molar-refractivity contribution in [3.8, 4) is 0 Å². The summed E-state index contributed by atoms with van der Waals surface area (Å²) in [5.41, 5.74) is 1.33. The standard InChI is InChI=1S/C11H18O2S/c1-13-7-2-3-11(12)5-4-10-6-8-14-9-10/h6,8-9,11-12H,2-5,7H2,1H3. The number of aliphatic hydroxyl groups is 1. The van der Waals surface area contributed by atoms with Crippen LogP contribution in [-0.2, 0) is 11.2 Å². The molecule has 0 fully saturated rings. The summed E-state index contributed by atoms with van der Waals surface area (Å²) >= 11 is 1.71. The molecule has 0 aromatic carbocycles. The van der Waals surface area contributed by atoms with Crippen molar-refractivity contribution in [2.24, 2.45) is 0 Å². The third-order valence-corrected chi connectivity index (χ3v) is 2.96. The van der Waals surface area contributed by atoms with Crippen LogP contribution in [0, 0.1) is 0 Å². The van der Waals surface area contributed by atoms with E-state index < -0.39 is 0 Å². The van der Waals surface area contributed by atoms with Crippen molar-refractivity contribution in [3.63, 3.8) is 0 Å². The van der Waals surface area contributed by atoms with E-state index in [9.17, 15) is 5.11 Å². The summed E-state index contributed by atoms with van der Waals surface area (Å²) in [5.74, 6) is 0. The third-order valence-electron chi connectivity index (χ3n) is 2.23. The first-order chi connectivity index (χ1) is 6.83. The van der Waals surface area contributed by atoms with Crippen LogP contribution < -0.4 is 0 Å². The molecule has 0 aliphatic heterocycles. The second kappa shape index (κ2) is 6.98. The number of hydrogen-bond donors (Lipinski definition) is 1. The molecule has 1 aromatic heterocycles. The zero-order chi connectivity index (χ0) is 10.2. The van der Waals surface area contributed by atoms with E-state index in [4.69, 9.17) is 4.74 Å². The number of aliphatic hydroxyl groups excluding tert-OH is 1. The first-order valence-electron chi connectivity index (χ1n) is 5.01. The molecule has 1 heterocycles. The largest absolute Gasteiger partial charge is 0.393 e. The van der Waals surface area contributed by atoms with Crippen molar-refractivity contribution < 1.29 is 9.84 Å². The minimum absolute atomic E-state index is 0.176. The van der Waals surface area contributed by atoms with Crippen molar-refractivity contribution in [2.45, 2.75) is 31.8 Å². The lowest BCUT2D eigenvalue weighted by Gasteiger charge is -2.08. The van der Waals surface area contributed by atoms with E-state index in [0.717, 1.165) is 32.3 Å². The number of hydrogen-bond acceptors (Lipinski definition) is 3. The van der Waals surface area contributed by atoms with E-state index in [1.54, 1.807) is 18.4 Å². The Morgan fingerprint density at radius 2 is 2.36 bits per heavy atom. The molecule has 1 N–H and O–H groups in total. The molecule has 0 amide bonds. The average molecular weight is 214 g/mol. The zero-order valence-electron chi connectivity index (χ0n) is 8.61. The fourth-order valence-electron chi connectivity index (χ4n) is 1.38. The van der Waals surface area contributed by atoms with Crippen LogP contribution in [0.1, 0.15) is 24.8 Å². The van der Waals surface area contributed by atoms with Crippen LogP contribution in [-0.4, -0.2) is 24.9 Å². The zero-order valence-corrected chi connectivity index (χ0v) is 9.43. The predicted molar refractivity (Wildman–Crippen MR) is 59.8 cm³/mol. The maximum absolute atomic E-state index is 9.62. The fourth-order valence-corrected chi connectivity index (χ4v) is 2.08. The number of aryl methyl sites for hydroxylation is 1. The van der Waals surface area contributed by atoms with Gasteiger partial charge in [0.2, 0.25) is 0 Å². The van der Waals surface area contributed by atoms with Crippen LogP contribution in [0.2, 0.25) is 0 Å². The second-order valence-electron chi connectivity index (χ2n) is 3.46. The van der Waals surface area contributed by atoms with E-state index in [1.165, 1.54) is 5.56 Å². The average Bonchev–Trinajstić information content (AvgIpc) is 2.68. The molecule has 0 aliphatic rings. The summed E-state index contributed by atoms with van der Waals surface area (Å²) in [6.07, 6.45) is 3.46. The summed E-state index contributed by atoms with van der Waals surface area (Å²) in [6.45, 7) is 0.746. The first kappa shape index (κ1) is 11.7. The smallest absolute Gasteiger partial charge is 0.0544 e.